The van der Waals surface area contributed by atoms with Gasteiger partial charge in [0.1, 0.15) is 6.61 Å². The van der Waals surface area contributed by atoms with Gasteiger partial charge in [0.05, 0.1) is 6.61 Å². The summed E-state index contributed by atoms with van der Waals surface area (Å²) in [5, 5.41) is 9.01. The highest BCUT2D eigenvalue weighted by atomic mass is 16.5. The van der Waals surface area contributed by atoms with E-state index in [-0.39, 0.29) is 13.2 Å². The van der Waals surface area contributed by atoms with Gasteiger partial charge in [-0.3, -0.25) is 0 Å². The summed E-state index contributed by atoms with van der Waals surface area (Å²) in [6.07, 6.45) is 1.67. The molecular formula is C14H16O3. The van der Waals surface area contributed by atoms with Crippen LogP contribution in [0.3, 0.4) is 0 Å². The molecule has 0 fully saturated rings. The van der Waals surface area contributed by atoms with E-state index in [2.05, 4.69) is 13.2 Å². The summed E-state index contributed by atoms with van der Waals surface area (Å²) in [7, 11) is 0. The molecule has 3 nitrogen and oxygen atoms in total. The fraction of sp³-hybridized carbons (Fsp3) is 0.214. The topological polar surface area (TPSA) is 46.5 Å². The Morgan fingerprint density at radius 2 is 2.24 bits per heavy atom. The first-order valence-electron chi connectivity index (χ1n) is 5.26. The van der Waals surface area contributed by atoms with Crippen LogP contribution in [-0.2, 0) is 22.7 Å². The van der Waals surface area contributed by atoms with Crippen molar-refractivity contribution in [2.45, 2.75) is 20.1 Å². The molecule has 0 aliphatic heterocycles. The Morgan fingerprint density at radius 1 is 1.53 bits per heavy atom. The maximum Gasteiger partial charge on any atom is 0.333 e. The Hall–Kier alpha value is -1.87. The van der Waals surface area contributed by atoms with Gasteiger partial charge in [-0.05, 0) is 29.7 Å². The van der Waals surface area contributed by atoms with Crippen LogP contribution in [0.25, 0.3) is 6.08 Å². The molecule has 0 heterocycles. The van der Waals surface area contributed by atoms with Crippen molar-refractivity contribution in [1.82, 2.24) is 0 Å². The van der Waals surface area contributed by atoms with Crippen molar-refractivity contribution in [2.75, 3.05) is 0 Å². The maximum atomic E-state index is 11.3. The van der Waals surface area contributed by atoms with Crippen molar-refractivity contribution in [3.05, 3.63) is 53.6 Å². The fourth-order valence-electron chi connectivity index (χ4n) is 1.33. The van der Waals surface area contributed by atoms with Crippen molar-refractivity contribution >= 4 is 12.0 Å². The molecule has 17 heavy (non-hydrogen) atoms. The van der Waals surface area contributed by atoms with Crippen molar-refractivity contribution in [3.63, 3.8) is 0 Å². The third kappa shape index (κ3) is 3.57. The smallest absolute Gasteiger partial charge is 0.333 e. The molecule has 90 valence electrons. The van der Waals surface area contributed by atoms with E-state index in [1.165, 1.54) is 0 Å². The Morgan fingerprint density at radius 3 is 2.76 bits per heavy atom. The minimum Gasteiger partial charge on any atom is -0.457 e. The molecule has 0 aromatic heterocycles. The van der Waals surface area contributed by atoms with Crippen LogP contribution >= 0.6 is 0 Å². The Bertz CT molecular complexity index is 447. The zero-order valence-electron chi connectivity index (χ0n) is 9.90. The zero-order valence-corrected chi connectivity index (χ0v) is 9.90. The first-order chi connectivity index (χ1) is 8.08. The average molecular weight is 232 g/mol. The molecule has 1 rings (SSSR count). The van der Waals surface area contributed by atoms with Gasteiger partial charge in [-0.2, -0.15) is 0 Å². The summed E-state index contributed by atoms with van der Waals surface area (Å²) in [5.74, 6) is -0.411. The number of hydrogen-bond donors (Lipinski definition) is 1. The predicted molar refractivity (Wildman–Crippen MR) is 67.1 cm³/mol. The largest absolute Gasteiger partial charge is 0.457 e. The van der Waals surface area contributed by atoms with Crippen LogP contribution in [-0.4, -0.2) is 11.1 Å². The lowest BCUT2D eigenvalue weighted by Gasteiger charge is -2.09. The number of benzene rings is 1. The number of rotatable bonds is 5. The van der Waals surface area contributed by atoms with Crippen LogP contribution in [0, 0.1) is 0 Å². The van der Waals surface area contributed by atoms with E-state index in [1.807, 2.05) is 12.1 Å². The number of carbonyl (C=O) groups is 1. The molecule has 0 saturated heterocycles. The lowest BCUT2D eigenvalue weighted by atomic mass is 10.0. The monoisotopic (exact) mass is 232 g/mol. The molecule has 0 aliphatic carbocycles. The zero-order chi connectivity index (χ0) is 12.8. The molecule has 0 saturated carbocycles. The quantitative estimate of drug-likeness (QED) is 0.626. The summed E-state index contributed by atoms with van der Waals surface area (Å²) < 4.78 is 5.06. The normalized spacial score (nSPS) is 9.76. The number of aliphatic hydroxyl groups is 1. The minimum atomic E-state index is -0.411. The molecule has 0 unspecified atom stereocenters. The molecule has 0 bridgehead atoms. The second-order valence-electron chi connectivity index (χ2n) is 3.75. The third-order valence-electron chi connectivity index (χ3n) is 2.32. The van der Waals surface area contributed by atoms with Crippen LogP contribution < -0.4 is 0 Å². The second kappa shape index (κ2) is 6.01. The highest BCUT2D eigenvalue weighted by Crippen LogP contribution is 2.15. The van der Waals surface area contributed by atoms with Crippen molar-refractivity contribution in [3.8, 4) is 0 Å². The van der Waals surface area contributed by atoms with Gasteiger partial charge in [-0.1, -0.05) is 31.4 Å². The summed E-state index contributed by atoms with van der Waals surface area (Å²) in [6, 6.07) is 5.42. The number of esters is 1. The molecule has 3 heteroatoms. The molecule has 0 aliphatic rings. The summed E-state index contributed by atoms with van der Waals surface area (Å²) >= 11 is 0. The maximum absolute atomic E-state index is 11.3. The van der Waals surface area contributed by atoms with Crippen molar-refractivity contribution in [1.29, 1.82) is 0 Å². The predicted octanol–water partition coefficient (Wildman–Crippen LogP) is 2.44. The van der Waals surface area contributed by atoms with Gasteiger partial charge in [0.15, 0.2) is 0 Å². The number of aliphatic hydroxyl groups excluding tert-OH is 1. The Kier molecular flexibility index (Phi) is 4.67. The van der Waals surface area contributed by atoms with Crippen LogP contribution in [0.1, 0.15) is 23.6 Å². The van der Waals surface area contributed by atoms with Gasteiger partial charge < -0.3 is 9.84 Å². The van der Waals surface area contributed by atoms with Gasteiger partial charge in [0, 0.05) is 5.57 Å². The first kappa shape index (κ1) is 13.2. The van der Waals surface area contributed by atoms with Gasteiger partial charge in [-0.15, -0.1) is 0 Å². The summed E-state index contributed by atoms with van der Waals surface area (Å²) in [4.78, 5) is 11.3. The number of ether oxygens (including phenoxy) is 1. The Balaban J connectivity index is 2.80. The fourth-order valence-corrected chi connectivity index (χ4v) is 1.33. The molecule has 0 atom stereocenters. The average Bonchev–Trinajstić information content (AvgIpc) is 2.35. The van der Waals surface area contributed by atoms with Gasteiger partial charge in [-0.25, -0.2) is 4.79 Å². The summed E-state index contributed by atoms with van der Waals surface area (Å²) in [6.45, 7) is 8.96. The standard InChI is InChI=1S/C14H16O3/c1-4-12-7-11(8-15)5-6-13(12)9-17-14(16)10(2)3/h4-7,15H,1-2,8-9H2,3H3. The van der Waals surface area contributed by atoms with Crippen LogP contribution in [0.4, 0.5) is 0 Å². The summed E-state index contributed by atoms with van der Waals surface area (Å²) in [5.41, 5.74) is 2.88. The van der Waals surface area contributed by atoms with Crippen molar-refractivity contribution < 1.29 is 14.6 Å². The SMILES string of the molecule is C=Cc1cc(CO)ccc1COC(=O)C(=C)C. The van der Waals surface area contributed by atoms with E-state index < -0.39 is 5.97 Å². The molecule has 1 N–H and O–H groups in total. The van der Waals surface area contributed by atoms with Crippen LogP contribution in [0.2, 0.25) is 0 Å². The lowest BCUT2D eigenvalue weighted by molar-refractivity contribution is -0.140. The lowest BCUT2D eigenvalue weighted by Crippen LogP contribution is -2.06. The molecule has 0 spiro atoms. The van der Waals surface area contributed by atoms with Crippen molar-refractivity contribution in [2.24, 2.45) is 0 Å². The molecule has 0 amide bonds. The van der Waals surface area contributed by atoms with E-state index in [0.29, 0.717) is 5.57 Å². The van der Waals surface area contributed by atoms with Gasteiger partial charge in [0.2, 0.25) is 0 Å². The van der Waals surface area contributed by atoms with Gasteiger partial charge >= 0.3 is 5.97 Å². The number of hydrogen-bond acceptors (Lipinski definition) is 3. The Labute approximate surface area is 101 Å². The molecular weight excluding hydrogens is 216 g/mol. The highest BCUT2D eigenvalue weighted by molar-refractivity contribution is 5.86. The third-order valence-corrected chi connectivity index (χ3v) is 2.32. The van der Waals surface area contributed by atoms with E-state index in [1.54, 1.807) is 19.1 Å². The minimum absolute atomic E-state index is 0.0212. The first-order valence-corrected chi connectivity index (χ1v) is 5.26. The highest BCUT2D eigenvalue weighted by Gasteiger charge is 2.06. The van der Waals surface area contributed by atoms with Gasteiger partial charge in [0.25, 0.3) is 0 Å². The van der Waals surface area contributed by atoms with E-state index in [4.69, 9.17) is 9.84 Å². The van der Waals surface area contributed by atoms with E-state index in [9.17, 15) is 4.79 Å². The van der Waals surface area contributed by atoms with Crippen LogP contribution in [0.5, 0.6) is 0 Å². The van der Waals surface area contributed by atoms with Crippen LogP contribution in [0.15, 0.2) is 36.9 Å². The van der Waals surface area contributed by atoms with E-state index >= 15 is 0 Å². The molecule has 1 aromatic rings. The van der Waals surface area contributed by atoms with E-state index in [0.717, 1.165) is 16.7 Å². The molecule has 0 radical (unpaired) electrons. The second-order valence-corrected chi connectivity index (χ2v) is 3.75. The number of carbonyl (C=O) groups excluding carboxylic acids is 1. The molecule has 1 aromatic carbocycles.